The van der Waals surface area contributed by atoms with E-state index >= 15 is 0 Å². The second-order valence-electron chi connectivity index (χ2n) is 7.30. The fourth-order valence-electron chi connectivity index (χ4n) is 3.18. The van der Waals surface area contributed by atoms with Crippen molar-refractivity contribution < 1.29 is 9.59 Å². The maximum Gasteiger partial charge on any atom is 0.251 e. The number of nitrogens with one attached hydrogen (secondary N) is 3. The minimum atomic E-state index is -0.149. The van der Waals surface area contributed by atoms with Crippen molar-refractivity contribution >= 4 is 17.5 Å². The molecule has 0 aliphatic rings. The third-order valence-corrected chi connectivity index (χ3v) is 4.68. The van der Waals surface area contributed by atoms with E-state index in [2.05, 4.69) is 61.0 Å². The molecule has 0 heterocycles. The Morgan fingerprint density at radius 3 is 2.14 bits per heavy atom. The molecule has 150 valence electrons. The SMILES string of the molecule is CCCc1ccc([C@H](NCC(=O)Nc2ccc(C(=O)NC)cc2)C(C)C)cc1. The molecule has 5 nitrogen and oxygen atoms in total. The van der Waals surface area contributed by atoms with Crippen LogP contribution >= 0.6 is 0 Å². The summed E-state index contributed by atoms with van der Waals surface area (Å²) in [4.78, 5) is 23.9. The smallest absolute Gasteiger partial charge is 0.251 e. The molecule has 0 unspecified atom stereocenters. The first-order valence-electron chi connectivity index (χ1n) is 9.88. The van der Waals surface area contributed by atoms with Crippen LogP contribution in [0.15, 0.2) is 48.5 Å². The summed E-state index contributed by atoms with van der Waals surface area (Å²) in [5.74, 6) is 0.0990. The van der Waals surface area contributed by atoms with Crippen LogP contribution in [0.5, 0.6) is 0 Å². The fourth-order valence-corrected chi connectivity index (χ4v) is 3.18. The summed E-state index contributed by atoms with van der Waals surface area (Å²) in [6.45, 7) is 6.69. The predicted molar refractivity (Wildman–Crippen MR) is 114 cm³/mol. The van der Waals surface area contributed by atoms with Gasteiger partial charge in [-0.05, 0) is 47.7 Å². The molecule has 0 saturated carbocycles. The van der Waals surface area contributed by atoms with Crippen LogP contribution in [0, 0.1) is 5.92 Å². The lowest BCUT2D eigenvalue weighted by Crippen LogP contribution is -2.33. The minimum absolute atomic E-state index is 0.108. The largest absolute Gasteiger partial charge is 0.355 e. The Morgan fingerprint density at radius 2 is 1.61 bits per heavy atom. The quantitative estimate of drug-likeness (QED) is 0.616. The van der Waals surface area contributed by atoms with E-state index in [-0.39, 0.29) is 24.4 Å². The van der Waals surface area contributed by atoms with E-state index in [0.29, 0.717) is 17.2 Å². The molecule has 2 amide bonds. The van der Waals surface area contributed by atoms with Crippen molar-refractivity contribution in [2.75, 3.05) is 18.9 Å². The van der Waals surface area contributed by atoms with Gasteiger partial charge in [-0.3, -0.25) is 9.59 Å². The van der Waals surface area contributed by atoms with Crippen molar-refractivity contribution in [1.29, 1.82) is 0 Å². The Morgan fingerprint density at radius 1 is 0.964 bits per heavy atom. The van der Waals surface area contributed by atoms with Crippen molar-refractivity contribution in [3.8, 4) is 0 Å². The van der Waals surface area contributed by atoms with Gasteiger partial charge in [-0.15, -0.1) is 0 Å². The highest BCUT2D eigenvalue weighted by Gasteiger charge is 2.16. The third kappa shape index (κ3) is 6.20. The molecular weight excluding hydrogens is 350 g/mol. The highest BCUT2D eigenvalue weighted by Crippen LogP contribution is 2.22. The lowest BCUT2D eigenvalue weighted by atomic mass is 9.94. The number of rotatable bonds is 9. The maximum absolute atomic E-state index is 12.3. The van der Waals surface area contributed by atoms with E-state index in [1.165, 1.54) is 11.1 Å². The van der Waals surface area contributed by atoms with Gasteiger partial charge in [0.05, 0.1) is 6.54 Å². The second-order valence-corrected chi connectivity index (χ2v) is 7.30. The van der Waals surface area contributed by atoms with Crippen molar-refractivity contribution in [3.63, 3.8) is 0 Å². The molecule has 0 fully saturated rings. The first-order chi connectivity index (χ1) is 13.4. The van der Waals surface area contributed by atoms with Crippen LogP contribution < -0.4 is 16.0 Å². The Labute approximate surface area is 167 Å². The molecule has 0 aromatic heterocycles. The van der Waals surface area contributed by atoms with Gasteiger partial charge in [-0.25, -0.2) is 0 Å². The molecule has 2 rings (SSSR count). The summed E-state index contributed by atoms with van der Waals surface area (Å²) in [7, 11) is 1.59. The van der Waals surface area contributed by atoms with Crippen LogP contribution in [-0.2, 0) is 11.2 Å². The van der Waals surface area contributed by atoms with Gasteiger partial charge in [-0.2, -0.15) is 0 Å². The Kier molecular flexibility index (Phi) is 8.20. The van der Waals surface area contributed by atoms with Gasteiger partial charge in [0.2, 0.25) is 5.91 Å². The molecular formula is C23H31N3O2. The minimum Gasteiger partial charge on any atom is -0.355 e. The van der Waals surface area contributed by atoms with Crippen LogP contribution in [0.2, 0.25) is 0 Å². The normalized spacial score (nSPS) is 11.9. The molecule has 0 spiro atoms. The molecule has 2 aromatic carbocycles. The summed E-state index contributed by atoms with van der Waals surface area (Å²) in [6.07, 6.45) is 2.22. The van der Waals surface area contributed by atoms with Gasteiger partial charge >= 0.3 is 0 Å². The van der Waals surface area contributed by atoms with Gasteiger partial charge in [-0.1, -0.05) is 51.5 Å². The monoisotopic (exact) mass is 381 g/mol. The Hall–Kier alpha value is -2.66. The van der Waals surface area contributed by atoms with Gasteiger partial charge in [0, 0.05) is 24.3 Å². The number of carbonyl (C=O) groups is 2. The molecule has 2 aromatic rings. The summed E-state index contributed by atoms with van der Waals surface area (Å²) >= 11 is 0. The first-order valence-corrected chi connectivity index (χ1v) is 9.88. The molecule has 1 atom stereocenters. The highest BCUT2D eigenvalue weighted by atomic mass is 16.2. The molecule has 5 heteroatoms. The number of hydrogen-bond acceptors (Lipinski definition) is 3. The lowest BCUT2D eigenvalue weighted by molar-refractivity contribution is -0.115. The maximum atomic E-state index is 12.3. The van der Waals surface area contributed by atoms with Crippen LogP contribution in [0.4, 0.5) is 5.69 Å². The van der Waals surface area contributed by atoms with Crippen LogP contribution in [0.3, 0.4) is 0 Å². The van der Waals surface area contributed by atoms with E-state index in [1.54, 1.807) is 31.3 Å². The zero-order valence-corrected chi connectivity index (χ0v) is 17.2. The number of anilines is 1. The van der Waals surface area contributed by atoms with Crippen LogP contribution in [-0.4, -0.2) is 25.4 Å². The Bertz CT molecular complexity index is 767. The highest BCUT2D eigenvalue weighted by molar-refractivity contribution is 5.96. The van der Waals surface area contributed by atoms with E-state index < -0.39 is 0 Å². The summed E-state index contributed by atoms with van der Waals surface area (Å²) in [5.41, 5.74) is 3.76. The van der Waals surface area contributed by atoms with E-state index in [1.807, 2.05) is 0 Å². The number of amides is 2. The van der Waals surface area contributed by atoms with Crippen molar-refractivity contribution in [1.82, 2.24) is 10.6 Å². The standard InChI is InChI=1S/C23H31N3O2/c1-5-6-17-7-9-18(10-8-17)22(16(2)3)25-15-21(27)26-20-13-11-19(12-14-20)23(28)24-4/h7-14,16,22,25H,5-6,15H2,1-4H3,(H,24,28)(H,26,27)/t22-/m1/s1. The summed E-state index contributed by atoms with van der Waals surface area (Å²) in [6, 6.07) is 15.6. The van der Waals surface area contributed by atoms with Crippen molar-refractivity contribution in [3.05, 3.63) is 65.2 Å². The van der Waals surface area contributed by atoms with E-state index in [4.69, 9.17) is 0 Å². The van der Waals surface area contributed by atoms with Crippen LogP contribution in [0.25, 0.3) is 0 Å². The molecule has 0 aliphatic carbocycles. The van der Waals surface area contributed by atoms with Gasteiger partial charge in [0.15, 0.2) is 0 Å². The van der Waals surface area contributed by atoms with E-state index in [9.17, 15) is 9.59 Å². The molecule has 0 saturated heterocycles. The molecule has 0 radical (unpaired) electrons. The van der Waals surface area contributed by atoms with Gasteiger partial charge in [0.1, 0.15) is 0 Å². The predicted octanol–water partition coefficient (Wildman–Crippen LogP) is 3.92. The summed E-state index contributed by atoms with van der Waals surface area (Å²) in [5, 5.41) is 8.81. The number of aryl methyl sites for hydroxylation is 1. The topological polar surface area (TPSA) is 70.2 Å². The zero-order valence-electron chi connectivity index (χ0n) is 17.2. The van der Waals surface area contributed by atoms with Gasteiger partial charge < -0.3 is 16.0 Å². The summed E-state index contributed by atoms with van der Waals surface area (Å²) < 4.78 is 0. The number of hydrogen-bond donors (Lipinski definition) is 3. The van der Waals surface area contributed by atoms with Crippen LogP contribution in [0.1, 0.15) is 54.7 Å². The second kappa shape index (κ2) is 10.6. The number of benzene rings is 2. The third-order valence-electron chi connectivity index (χ3n) is 4.68. The average molecular weight is 382 g/mol. The first kappa shape index (κ1) is 21.6. The van der Waals surface area contributed by atoms with E-state index in [0.717, 1.165) is 12.8 Å². The lowest BCUT2D eigenvalue weighted by Gasteiger charge is -2.23. The fraction of sp³-hybridized carbons (Fsp3) is 0.391. The van der Waals surface area contributed by atoms with Crippen molar-refractivity contribution in [2.24, 2.45) is 5.92 Å². The zero-order chi connectivity index (χ0) is 20.5. The molecule has 0 bridgehead atoms. The molecule has 28 heavy (non-hydrogen) atoms. The average Bonchev–Trinajstić information content (AvgIpc) is 2.69. The van der Waals surface area contributed by atoms with Crippen molar-refractivity contribution in [2.45, 2.75) is 39.7 Å². The number of carbonyl (C=O) groups excluding carboxylic acids is 2. The van der Waals surface area contributed by atoms with Gasteiger partial charge in [0.25, 0.3) is 5.91 Å². The Balaban J connectivity index is 1.93. The molecule has 0 aliphatic heterocycles. The molecule has 3 N–H and O–H groups in total.